The molecule has 20 heavy (non-hydrogen) atoms. The summed E-state index contributed by atoms with van der Waals surface area (Å²) in [5.74, 6) is 0. The van der Waals surface area contributed by atoms with Gasteiger partial charge in [0.25, 0.3) is 0 Å². The standard InChI is InChI=1S/C14H17ClN2O2S/c1-10-4-3-5-11(2)17(10)20(18,19)14-7-6-12(9-16)8-13(14)15/h6-8,10-11H,3-5H2,1-2H3. The van der Waals surface area contributed by atoms with Crippen LogP contribution in [0.1, 0.15) is 38.7 Å². The fourth-order valence-electron chi connectivity index (χ4n) is 2.76. The predicted molar refractivity (Wildman–Crippen MR) is 78.0 cm³/mol. The Kier molecular flexibility index (Phi) is 4.38. The molecule has 1 saturated heterocycles. The summed E-state index contributed by atoms with van der Waals surface area (Å²) >= 11 is 6.05. The van der Waals surface area contributed by atoms with Crippen molar-refractivity contribution < 1.29 is 8.42 Å². The molecule has 0 spiro atoms. The van der Waals surface area contributed by atoms with Crippen molar-refractivity contribution in [3.63, 3.8) is 0 Å². The Balaban J connectivity index is 2.47. The Morgan fingerprint density at radius 2 is 1.90 bits per heavy atom. The van der Waals surface area contributed by atoms with Gasteiger partial charge in [0.15, 0.2) is 0 Å². The van der Waals surface area contributed by atoms with E-state index in [-0.39, 0.29) is 22.0 Å². The highest BCUT2D eigenvalue weighted by molar-refractivity contribution is 7.89. The van der Waals surface area contributed by atoms with Crippen molar-refractivity contribution in [2.45, 2.75) is 50.1 Å². The van der Waals surface area contributed by atoms with Crippen LogP contribution in [0.5, 0.6) is 0 Å². The van der Waals surface area contributed by atoms with E-state index in [0.29, 0.717) is 5.56 Å². The van der Waals surface area contributed by atoms with E-state index >= 15 is 0 Å². The average Bonchev–Trinajstić information content (AvgIpc) is 2.37. The van der Waals surface area contributed by atoms with Crippen LogP contribution in [0.3, 0.4) is 0 Å². The number of nitriles is 1. The van der Waals surface area contributed by atoms with Gasteiger partial charge in [-0.1, -0.05) is 18.0 Å². The Morgan fingerprint density at radius 1 is 1.30 bits per heavy atom. The third-order valence-corrected chi connectivity index (χ3v) is 6.34. The smallest absolute Gasteiger partial charge is 0.207 e. The number of rotatable bonds is 2. The molecule has 0 amide bonds. The molecular formula is C14H17ClN2O2S. The van der Waals surface area contributed by atoms with Crippen molar-refractivity contribution >= 4 is 21.6 Å². The van der Waals surface area contributed by atoms with Crippen LogP contribution in [0, 0.1) is 11.3 Å². The lowest BCUT2D eigenvalue weighted by Gasteiger charge is -2.37. The summed E-state index contributed by atoms with van der Waals surface area (Å²) in [6, 6.07) is 6.19. The van der Waals surface area contributed by atoms with Gasteiger partial charge in [0.1, 0.15) is 4.90 Å². The van der Waals surface area contributed by atoms with Gasteiger partial charge in [-0.25, -0.2) is 8.42 Å². The third kappa shape index (κ3) is 2.69. The van der Waals surface area contributed by atoms with Crippen molar-refractivity contribution in [2.24, 2.45) is 0 Å². The minimum Gasteiger partial charge on any atom is -0.207 e. The van der Waals surface area contributed by atoms with E-state index in [0.717, 1.165) is 19.3 Å². The molecule has 1 aromatic rings. The molecule has 0 bridgehead atoms. The Morgan fingerprint density at radius 3 is 2.40 bits per heavy atom. The van der Waals surface area contributed by atoms with Crippen molar-refractivity contribution in [3.8, 4) is 6.07 Å². The number of sulfonamides is 1. The van der Waals surface area contributed by atoms with E-state index in [1.54, 1.807) is 4.31 Å². The van der Waals surface area contributed by atoms with Crippen molar-refractivity contribution in [1.29, 1.82) is 5.26 Å². The summed E-state index contributed by atoms with van der Waals surface area (Å²) in [5.41, 5.74) is 0.355. The fourth-order valence-corrected chi connectivity index (χ4v) is 5.17. The van der Waals surface area contributed by atoms with Crippen LogP contribution >= 0.6 is 11.6 Å². The van der Waals surface area contributed by atoms with Gasteiger partial charge in [0.05, 0.1) is 16.7 Å². The van der Waals surface area contributed by atoms with Gasteiger partial charge in [-0.2, -0.15) is 9.57 Å². The zero-order valence-corrected chi connectivity index (χ0v) is 13.1. The van der Waals surface area contributed by atoms with Crippen LogP contribution in [-0.2, 0) is 10.0 Å². The highest BCUT2D eigenvalue weighted by Crippen LogP contribution is 2.32. The van der Waals surface area contributed by atoms with E-state index in [2.05, 4.69) is 0 Å². The lowest BCUT2D eigenvalue weighted by Crippen LogP contribution is -2.47. The molecule has 2 unspecified atom stereocenters. The molecule has 6 heteroatoms. The van der Waals surface area contributed by atoms with E-state index in [1.165, 1.54) is 18.2 Å². The number of piperidine rings is 1. The van der Waals surface area contributed by atoms with Gasteiger partial charge in [0.2, 0.25) is 10.0 Å². The molecule has 1 aromatic carbocycles. The molecule has 2 rings (SSSR count). The lowest BCUT2D eigenvalue weighted by molar-refractivity contribution is 0.204. The van der Waals surface area contributed by atoms with Crippen LogP contribution < -0.4 is 0 Å². The van der Waals surface area contributed by atoms with Crippen molar-refractivity contribution in [1.82, 2.24) is 4.31 Å². The van der Waals surface area contributed by atoms with Crippen LogP contribution in [0.15, 0.2) is 23.1 Å². The molecule has 1 fully saturated rings. The molecule has 0 radical (unpaired) electrons. The van der Waals surface area contributed by atoms with Gasteiger partial charge >= 0.3 is 0 Å². The van der Waals surface area contributed by atoms with Crippen LogP contribution in [0.2, 0.25) is 5.02 Å². The highest BCUT2D eigenvalue weighted by Gasteiger charge is 2.36. The quantitative estimate of drug-likeness (QED) is 0.842. The summed E-state index contributed by atoms with van der Waals surface area (Å²) in [6.45, 7) is 3.84. The van der Waals surface area contributed by atoms with E-state index in [9.17, 15) is 8.42 Å². The fraction of sp³-hybridized carbons (Fsp3) is 0.500. The number of hydrogen-bond acceptors (Lipinski definition) is 3. The van der Waals surface area contributed by atoms with Crippen LogP contribution in [0.25, 0.3) is 0 Å². The number of hydrogen-bond donors (Lipinski definition) is 0. The zero-order chi connectivity index (χ0) is 14.9. The highest BCUT2D eigenvalue weighted by atomic mass is 35.5. The second-order valence-electron chi connectivity index (χ2n) is 5.22. The van der Waals surface area contributed by atoms with Crippen molar-refractivity contribution in [3.05, 3.63) is 28.8 Å². The van der Waals surface area contributed by atoms with E-state index in [1.807, 2.05) is 19.9 Å². The first-order valence-electron chi connectivity index (χ1n) is 6.61. The van der Waals surface area contributed by atoms with Gasteiger partial charge in [-0.05, 0) is 44.9 Å². The second-order valence-corrected chi connectivity index (χ2v) is 7.44. The maximum atomic E-state index is 12.8. The maximum Gasteiger partial charge on any atom is 0.245 e. The normalized spacial score (nSPS) is 24.3. The second kappa shape index (κ2) is 5.72. The first-order valence-corrected chi connectivity index (χ1v) is 8.43. The molecule has 0 N–H and O–H groups in total. The summed E-state index contributed by atoms with van der Waals surface area (Å²) in [7, 11) is -3.62. The average molecular weight is 313 g/mol. The molecule has 1 aliphatic rings. The summed E-state index contributed by atoms with van der Waals surface area (Å²) in [6.07, 6.45) is 2.75. The van der Waals surface area contributed by atoms with E-state index < -0.39 is 10.0 Å². The molecule has 108 valence electrons. The summed E-state index contributed by atoms with van der Waals surface area (Å²) < 4.78 is 27.1. The van der Waals surface area contributed by atoms with Gasteiger partial charge in [0, 0.05) is 12.1 Å². The predicted octanol–water partition coefficient (Wildman–Crippen LogP) is 3.16. The SMILES string of the molecule is CC1CCCC(C)N1S(=O)(=O)c1ccc(C#N)cc1Cl. The Hall–Kier alpha value is -1.09. The molecule has 0 aliphatic carbocycles. The van der Waals surface area contributed by atoms with Crippen LogP contribution in [0.4, 0.5) is 0 Å². The minimum atomic E-state index is -3.62. The number of halogens is 1. The van der Waals surface area contributed by atoms with Gasteiger partial charge in [-0.15, -0.1) is 0 Å². The first kappa shape index (κ1) is 15.3. The van der Waals surface area contributed by atoms with E-state index in [4.69, 9.17) is 16.9 Å². The summed E-state index contributed by atoms with van der Waals surface area (Å²) in [4.78, 5) is 0.0822. The van der Waals surface area contributed by atoms with Gasteiger partial charge in [-0.3, -0.25) is 0 Å². The molecule has 0 saturated carbocycles. The molecule has 1 aliphatic heterocycles. The summed E-state index contributed by atoms with van der Waals surface area (Å²) in [5, 5.41) is 8.93. The first-order chi connectivity index (χ1) is 9.37. The van der Waals surface area contributed by atoms with Crippen molar-refractivity contribution in [2.75, 3.05) is 0 Å². The molecule has 4 nitrogen and oxygen atoms in total. The Bertz CT molecular complexity index is 642. The lowest BCUT2D eigenvalue weighted by atomic mass is 10.0. The monoisotopic (exact) mass is 312 g/mol. The molecule has 0 aromatic heterocycles. The molecular weight excluding hydrogens is 296 g/mol. The van der Waals surface area contributed by atoms with Gasteiger partial charge < -0.3 is 0 Å². The maximum absolute atomic E-state index is 12.8. The van der Waals surface area contributed by atoms with Crippen LogP contribution in [-0.4, -0.2) is 24.8 Å². The topological polar surface area (TPSA) is 61.2 Å². The minimum absolute atomic E-state index is 0.0320. The molecule has 1 heterocycles. The molecule has 2 atom stereocenters. The zero-order valence-electron chi connectivity index (χ0n) is 11.5. The number of benzene rings is 1. The largest absolute Gasteiger partial charge is 0.245 e. The number of nitrogens with zero attached hydrogens (tertiary/aromatic N) is 2. The Labute approximate surface area is 125 Å². The third-order valence-electron chi connectivity index (χ3n) is 3.73.